The Morgan fingerprint density at radius 1 is 0.783 bits per heavy atom. The summed E-state index contributed by atoms with van der Waals surface area (Å²) < 4.78 is 0. The minimum atomic E-state index is 0.500. The molecule has 264 valence electrons. The van der Waals surface area contributed by atoms with Crippen molar-refractivity contribution >= 4 is 11.8 Å². The summed E-state index contributed by atoms with van der Waals surface area (Å²) in [4.78, 5) is 4.63. The fraction of sp³-hybridized carbons (Fsp3) is 0.523. The first-order chi connectivity index (χ1) is 22.1. The number of unbranched alkanes of at least 4 members (excludes halogenated alkanes) is 5. The van der Waals surface area contributed by atoms with Gasteiger partial charge in [0.25, 0.3) is 0 Å². The predicted molar refractivity (Wildman–Crippen MR) is 219 cm³/mol. The van der Waals surface area contributed by atoms with E-state index in [9.17, 15) is 0 Å². The van der Waals surface area contributed by atoms with Crippen LogP contribution < -0.4 is 5.73 Å². The van der Waals surface area contributed by atoms with Crippen molar-refractivity contribution in [3.05, 3.63) is 116 Å². The van der Waals surface area contributed by atoms with Crippen LogP contribution >= 0.6 is 0 Å². The number of aryl methyl sites for hydroxylation is 2. The van der Waals surface area contributed by atoms with Crippen LogP contribution in [-0.2, 0) is 13.0 Å². The molecule has 0 bridgehead atoms. The largest absolute Gasteiger partial charge is 0.327 e. The van der Waals surface area contributed by atoms with Crippen LogP contribution in [0, 0.1) is 18.3 Å². The van der Waals surface area contributed by atoms with Gasteiger partial charge in [0.2, 0.25) is 0 Å². The van der Waals surface area contributed by atoms with Gasteiger partial charge in [-0.3, -0.25) is 4.99 Å². The Bertz CT molecular complexity index is 923. The Balaban J connectivity index is -0.000000245. The molecule has 2 N–H and O–H groups in total. The van der Waals surface area contributed by atoms with E-state index in [4.69, 9.17) is 5.73 Å². The second kappa shape index (κ2) is 40.1. The number of aliphatic imine (C=N–C) groups is 1. The molecule has 0 spiro atoms. The Morgan fingerprint density at radius 3 is 1.59 bits per heavy atom. The van der Waals surface area contributed by atoms with Crippen molar-refractivity contribution in [3.63, 3.8) is 0 Å². The summed E-state index contributed by atoms with van der Waals surface area (Å²) in [5, 5.41) is 0. The molecule has 0 unspecified atom stereocenters. The standard InChI is InChI=1S/C26H35N.C7H16.C3H7N.2C2H6.2C2H4/c1-4-6-7-8-9-10-11-23-16-18-26(19-17-23)25(5-2)21-27-20-24-14-12-22(3)13-15-24;1-6(2)7(3,4)5;1-2-3-4;4*1-2/h5,12-19,21H,4,6-11,20H2,1-3H3;6H,1-5H3;2H,1,3-4H2;2*1-2H3;2*1-2H2/b25-5+,27-21?;;;;;;. The normalized spacial score (nSPS) is 10.0. The van der Waals surface area contributed by atoms with Gasteiger partial charge >= 0.3 is 0 Å². The van der Waals surface area contributed by atoms with Crippen molar-refractivity contribution in [2.45, 2.75) is 135 Å². The van der Waals surface area contributed by atoms with Gasteiger partial charge in [0.05, 0.1) is 6.54 Å². The minimum Gasteiger partial charge on any atom is -0.327 e. The summed E-state index contributed by atoms with van der Waals surface area (Å²) in [5.41, 5.74) is 11.8. The van der Waals surface area contributed by atoms with Crippen molar-refractivity contribution < 1.29 is 0 Å². The first kappa shape index (κ1) is 52.6. The summed E-state index contributed by atoms with van der Waals surface area (Å²) >= 11 is 0. The highest BCUT2D eigenvalue weighted by Gasteiger charge is 2.13. The van der Waals surface area contributed by atoms with E-state index in [0.717, 1.165) is 12.5 Å². The van der Waals surface area contributed by atoms with E-state index in [-0.39, 0.29) is 0 Å². The molecule has 0 atom stereocenters. The maximum absolute atomic E-state index is 4.91. The smallest absolute Gasteiger partial charge is 0.0639 e. The van der Waals surface area contributed by atoms with Gasteiger partial charge < -0.3 is 5.73 Å². The lowest BCUT2D eigenvalue weighted by molar-refractivity contribution is 0.283. The third kappa shape index (κ3) is 33.9. The fourth-order valence-corrected chi connectivity index (χ4v) is 3.23. The zero-order valence-corrected chi connectivity index (χ0v) is 32.9. The number of rotatable bonds is 12. The van der Waals surface area contributed by atoms with Gasteiger partial charge in [0.1, 0.15) is 0 Å². The molecule has 0 heterocycles. The number of nitrogens with two attached hydrogens (primary N) is 1. The van der Waals surface area contributed by atoms with Crippen molar-refractivity contribution in [1.82, 2.24) is 0 Å². The summed E-state index contributed by atoms with van der Waals surface area (Å²) in [6.45, 7) is 42.4. The molecule has 0 amide bonds. The van der Waals surface area contributed by atoms with Crippen LogP contribution in [-0.4, -0.2) is 12.8 Å². The van der Waals surface area contributed by atoms with E-state index >= 15 is 0 Å². The molecule has 2 heteroatoms. The fourth-order valence-electron chi connectivity index (χ4n) is 3.23. The molecule has 2 nitrogen and oxygen atoms in total. The quantitative estimate of drug-likeness (QED) is 0.141. The third-order valence-corrected chi connectivity index (χ3v) is 6.94. The van der Waals surface area contributed by atoms with Gasteiger partial charge in [-0.2, -0.15) is 0 Å². The highest BCUT2D eigenvalue weighted by atomic mass is 14.7. The maximum Gasteiger partial charge on any atom is 0.0639 e. The van der Waals surface area contributed by atoms with Gasteiger partial charge in [-0.1, -0.05) is 168 Å². The molecule has 0 saturated heterocycles. The van der Waals surface area contributed by atoms with Gasteiger partial charge in [-0.05, 0) is 60.3 Å². The van der Waals surface area contributed by atoms with Gasteiger partial charge in [0.15, 0.2) is 0 Å². The van der Waals surface area contributed by atoms with Crippen molar-refractivity contribution in [3.8, 4) is 0 Å². The molecule has 2 aromatic carbocycles. The van der Waals surface area contributed by atoms with E-state index in [2.05, 4.69) is 148 Å². The molecule has 2 rings (SSSR count). The summed E-state index contributed by atoms with van der Waals surface area (Å²) in [5.74, 6) is 0.799. The lowest BCUT2D eigenvalue weighted by atomic mass is 9.84. The SMILES string of the molecule is C/C=C(\C=NCc1ccc(C)cc1)c1ccc(CCCCCCCC)cc1.C=C.C=C.C=CCN.CC.CC.CC(C)C(C)(C)C. The van der Waals surface area contributed by atoms with Crippen LogP contribution in [0.15, 0.2) is 98.6 Å². The first-order valence-electron chi connectivity index (χ1n) is 17.7. The zero-order valence-electron chi connectivity index (χ0n) is 32.9. The summed E-state index contributed by atoms with van der Waals surface area (Å²) in [6, 6.07) is 17.6. The van der Waals surface area contributed by atoms with Crippen molar-refractivity contribution in [2.24, 2.45) is 22.1 Å². The third-order valence-electron chi connectivity index (χ3n) is 6.94. The van der Waals surface area contributed by atoms with E-state index < -0.39 is 0 Å². The Kier molecular flexibility index (Phi) is 45.8. The monoisotopic (exact) mass is 635 g/mol. The zero-order chi connectivity index (χ0) is 36.8. The lowest BCUT2D eigenvalue weighted by Gasteiger charge is -2.22. The van der Waals surface area contributed by atoms with E-state index in [1.807, 2.05) is 33.9 Å². The topological polar surface area (TPSA) is 38.4 Å². The molecule has 0 aromatic heterocycles. The second-order valence-electron chi connectivity index (χ2n) is 11.5. The van der Waals surface area contributed by atoms with Crippen molar-refractivity contribution in [2.75, 3.05) is 6.54 Å². The molecule has 0 aliphatic rings. The number of hydrogen-bond donors (Lipinski definition) is 1. The van der Waals surface area contributed by atoms with Crippen LogP contribution in [0.2, 0.25) is 0 Å². The maximum atomic E-state index is 4.91. The molecular formula is C44H78N2. The molecule has 0 aliphatic heterocycles. The summed E-state index contributed by atoms with van der Waals surface area (Å²) in [6.07, 6.45) is 15.1. The second-order valence-corrected chi connectivity index (χ2v) is 11.5. The van der Waals surface area contributed by atoms with Crippen molar-refractivity contribution in [1.29, 1.82) is 0 Å². The molecule has 0 radical (unpaired) electrons. The molecular weight excluding hydrogens is 556 g/mol. The van der Waals surface area contributed by atoms with E-state index in [1.165, 1.54) is 72.8 Å². The van der Waals surface area contributed by atoms with Gasteiger partial charge in [0, 0.05) is 12.8 Å². The lowest BCUT2D eigenvalue weighted by Crippen LogP contribution is -2.12. The highest BCUT2D eigenvalue weighted by molar-refractivity contribution is 6.09. The molecule has 2 aromatic rings. The van der Waals surface area contributed by atoms with E-state index in [0.29, 0.717) is 12.0 Å². The van der Waals surface area contributed by atoms with Crippen LogP contribution in [0.25, 0.3) is 5.57 Å². The predicted octanol–water partition coefficient (Wildman–Crippen LogP) is 14.0. The highest BCUT2D eigenvalue weighted by Crippen LogP contribution is 2.23. The number of benzene rings is 2. The molecule has 0 saturated carbocycles. The van der Waals surface area contributed by atoms with Crippen LogP contribution in [0.5, 0.6) is 0 Å². The Hall–Kier alpha value is -2.97. The molecule has 0 fully saturated rings. The average molecular weight is 635 g/mol. The van der Waals surface area contributed by atoms with Gasteiger partial charge in [-0.25, -0.2) is 0 Å². The summed E-state index contributed by atoms with van der Waals surface area (Å²) in [7, 11) is 0. The first-order valence-corrected chi connectivity index (χ1v) is 17.7. The minimum absolute atomic E-state index is 0.500. The van der Waals surface area contributed by atoms with Crippen LogP contribution in [0.4, 0.5) is 0 Å². The Labute approximate surface area is 290 Å². The van der Waals surface area contributed by atoms with Gasteiger partial charge in [-0.15, -0.1) is 32.9 Å². The average Bonchev–Trinajstić information content (AvgIpc) is 3.09. The van der Waals surface area contributed by atoms with E-state index in [1.54, 1.807) is 6.08 Å². The molecule has 46 heavy (non-hydrogen) atoms. The Morgan fingerprint density at radius 2 is 1.20 bits per heavy atom. The number of allylic oxidation sites excluding steroid dienone is 2. The number of hydrogen-bond acceptors (Lipinski definition) is 2. The molecule has 0 aliphatic carbocycles. The van der Waals surface area contributed by atoms with Crippen LogP contribution in [0.1, 0.15) is 137 Å². The number of nitrogens with zero attached hydrogens (tertiary/aromatic N) is 1. The van der Waals surface area contributed by atoms with Crippen LogP contribution in [0.3, 0.4) is 0 Å².